The zero-order chi connectivity index (χ0) is 12.7. The zero-order valence-corrected chi connectivity index (χ0v) is 10.8. The number of hydrogen-bond donors (Lipinski definition) is 1. The minimum absolute atomic E-state index is 0.573. The summed E-state index contributed by atoms with van der Waals surface area (Å²) in [5, 5.41) is 0. The molecule has 5 heteroatoms. The molecule has 1 aromatic heterocycles. The molecule has 0 bridgehead atoms. The van der Waals surface area contributed by atoms with Crippen LogP contribution in [0.4, 0.5) is 11.5 Å². The highest BCUT2D eigenvalue weighted by molar-refractivity contribution is 5.63. The highest BCUT2D eigenvalue weighted by Gasteiger charge is 2.10. The monoisotopic (exact) mass is 239 g/mol. The second-order valence-corrected chi connectivity index (χ2v) is 3.54. The molecule has 0 unspecified atom stereocenters. The van der Waals surface area contributed by atoms with Crippen LogP contribution in [-0.2, 0) is 4.74 Å². The highest BCUT2D eigenvalue weighted by Crippen LogP contribution is 2.23. The van der Waals surface area contributed by atoms with Gasteiger partial charge in [-0.2, -0.15) is 4.98 Å². The lowest BCUT2D eigenvalue weighted by atomic mass is 10.3. The van der Waals surface area contributed by atoms with Crippen LogP contribution in [0.3, 0.4) is 0 Å². The molecule has 0 aliphatic carbocycles. The summed E-state index contributed by atoms with van der Waals surface area (Å²) >= 11 is 0. The molecule has 0 saturated carbocycles. The predicted octanol–water partition coefficient (Wildman–Crippen LogP) is 1.54. The number of aromatic nitrogens is 1. The Morgan fingerprint density at radius 2 is 2.12 bits per heavy atom. The molecule has 5 nitrogen and oxygen atoms in total. The minimum atomic E-state index is 0.573. The first kappa shape index (κ1) is 13.6. The van der Waals surface area contributed by atoms with Crippen LogP contribution in [0.5, 0.6) is 5.88 Å². The summed E-state index contributed by atoms with van der Waals surface area (Å²) < 4.78 is 10.4. The first-order chi connectivity index (χ1) is 8.22. The first-order valence-electron chi connectivity index (χ1n) is 5.86. The van der Waals surface area contributed by atoms with Crippen LogP contribution in [0, 0.1) is 0 Å². The number of nitrogen functional groups attached to an aromatic ring is 1. The van der Waals surface area contributed by atoms with Crippen LogP contribution in [0.1, 0.15) is 13.8 Å². The topological polar surface area (TPSA) is 60.6 Å². The molecule has 1 rings (SSSR count). The van der Waals surface area contributed by atoms with E-state index in [1.165, 1.54) is 0 Å². The van der Waals surface area contributed by atoms with E-state index in [1.807, 2.05) is 13.0 Å². The fourth-order valence-corrected chi connectivity index (χ4v) is 1.54. The summed E-state index contributed by atoms with van der Waals surface area (Å²) in [5.41, 5.74) is 6.58. The van der Waals surface area contributed by atoms with E-state index in [0.717, 1.165) is 25.5 Å². The molecule has 0 spiro atoms. The Balaban J connectivity index is 2.78. The van der Waals surface area contributed by atoms with Crippen LogP contribution in [0.15, 0.2) is 12.1 Å². The van der Waals surface area contributed by atoms with Crippen LogP contribution in [0.25, 0.3) is 0 Å². The van der Waals surface area contributed by atoms with E-state index in [9.17, 15) is 0 Å². The minimum Gasteiger partial charge on any atom is -0.481 e. The molecular formula is C12H21N3O2. The van der Waals surface area contributed by atoms with Gasteiger partial charge in [0.25, 0.3) is 0 Å². The molecule has 0 atom stereocenters. The summed E-state index contributed by atoms with van der Waals surface area (Å²) in [7, 11) is 1.60. The van der Waals surface area contributed by atoms with Crippen molar-refractivity contribution >= 4 is 11.5 Å². The van der Waals surface area contributed by atoms with Gasteiger partial charge in [0.15, 0.2) is 5.82 Å². The van der Waals surface area contributed by atoms with Gasteiger partial charge >= 0.3 is 0 Å². The van der Waals surface area contributed by atoms with Crippen LogP contribution in [-0.4, -0.2) is 38.4 Å². The van der Waals surface area contributed by atoms with E-state index in [1.54, 1.807) is 13.2 Å². The SMILES string of the molecule is CCOCCN(CC)c1nc(OC)ccc1N. The summed E-state index contributed by atoms with van der Waals surface area (Å²) in [4.78, 5) is 6.44. The van der Waals surface area contributed by atoms with Crippen molar-refractivity contribution in [1.82, 2.24) is 4.98 Å². The number of hydrogen-bond acceptors (Lipinski definition) is 5. The Morgan fingerprint density at radius 1 is 1.35 bits per heavy atom. The second kappa shape index (κ2) is 6.96. The number of nitrogens with two attached hydrogens (primary N) is 1. The molecule has 0 saturated heterocycles. The van der Waals surface area contributed by atoms with E-state index in [4.69, 9.17) is 15.2 Å². The van der Waals surface area contributed by atoms with Gasteiger partial charge in [-0.25, -0.2) is 0 Å². The Bertz CT molecular complexity index is 345. The molecule has 1 heterocycles. The lowest BCUT2D eigenvalue weighted by Gasteiger charge is -2.23. The fourth-order valence-electron chi connectivity index (χ4n) is 1.54. The fraction of sp³-hybridized carbons (Fsp3) is 0.583. The quantitative estimate of drug-likeness (QED) is 0.731. The number of pyridine rings is 1. The molecule has 17 heavy (non-hydrogen) atoms. The maximum atomic E-state index is 5.92. The summed E-state index contributed by atoms with van der Waals surface area (Å²) in [6, 6.07) is 3.57. The van der Waals surface area contributed by atoms with Gasteiger partial charge in [0.05, 0.1) is 19.4 Å². The summed E-state index contributed by atoms with van der Waals surface area (Å²) in [6.45, 7) is 7.04. The lowest BCUT2D eigenvalue weighted by molar-refractivity contribution is 0.154. The second-order valence-electron chi connectivity index (χ2n) is 3.54. The van der Waals surface area contributed by atoms with Gasteiger partial charge in [-0.05, 0) is 19.9 Å². The smallest absolute Gasteiger partial charge is 0.215 e. The van der Waals surface area contributed by atoms with Gasteiger partial charge in [-0.1, -0.05) is 0 Å². The normalized spacial score (nSPS) is 10.3. The number of nitrogens with zero attached hydrogens (tertiary/aromatic N) is 2. The third-order valence-corrected chi connectivity index (χ3v) is 2.48. The van der Waals surface area contributed by atoms with Crippen molar-refractivity contribution in [2.24, 2.45) is 0 Å². The van der Waals surface area contributed by atoms with E-state index in [2.05, 4.69) is 16.8 Å². The maximum absolute atomic E-state index is 5.92. The predicted molar refractivity (Wildman–Crippen MR) is 69.6 cm³/mol. The largest absolute Gasteiger partial charge is 0.481 e. The summed E-state index contributed by atoms with van der Waals surface area (Å²) in [5.74, 6) is 1.33. The average molecular weight is 239 g/mol. The first-order valence-corrected chi connectivity index (χ1v) is 5.86. The number of likely N-dealkylation sites (N-methyl/N-ethyl adjacent to an activating group) is 1. The Kier molecular flexibility index (Phi) is 5.56. The zero-order valence-electron chi connectivity index (χ0n) is 10.8. The van der Waals surface area contributed by atoms with Crippen molar-refractivity contribution < 1.29 is 9.47 Å². The Hall–Kier alpha value is -1.49. The molecule has 1 aromatic rings. The van der Waals surface area contributed by atoms with E-state index >= 15 is 0 Å². The average Bonchev–Trinajstić information content (AvgIpc) is 2.36. The molecule has 0 aromatic carbocycles. The van der Waals surface area contributed by atoms with E-state index in [-0.39, 0.29) is 0 Å². The lowest BCUT2D eigenvalue weighted by Crippen LogP contribution is -2.28. The molecule has 2 N–H and O–H groups in total. The van der Waals surface area contributed by atoms with Crippen molar-refractivity contribution in [3.8, 4) is 5.88 Å². The molecule has 0 aliphatic heterocycles. The number of ether oxygens (including phenoxy) is 2. The number of methoxy groups -OCH3 is 1. The molecule has 0 amide bonds. The highest BCUT2D eigenvalue weighted by atomic mass is 16.5. The third kappa shape index (κ3) is 3.78. The Labute approximate surface area is 103 Å². The molecule has 96 valence electrons. The van der Waals surface area contributed by atoms with Gasteiger partial charge in [0.2, 0.25) is 5.88 Å². The van der Waals surface area contributed by atoms with Crippen LogP contribution in [0.2, 0.25) is 0 Å². The third-order valence-electron chi connectivity index (χ3n) is 2.48. The number of anilines is 2. The van der Waals surface area contributed by atoms with Crippen molar-refractivity contribution in [2.45, 2.75) is 13.8 Å². The van der Waals surface area contributed by atoms with Crippen molar-refractivity contribution in [3.63, 3.8) is 0 Å². The van der Waals surface area contributed by atoms with Crippen molar-refractivity contribution in [3.05, 3.63) is 12.1 Å². The summed E-state index contributed by atoms with van der Waals surface area (Å²) in [6.07, 6.45) is 0. The molecule has 0 radical (unpaired) electrons. The van der Waals surface area contributed by atoms with Gasteiger partial charge in [0.1, 0.15) is 0 Å². The van der Waals surface area contributed by atoms with Crippen LogP contribution < -0.4 is 15.4 Å². The maximum Gasteiger partial charge on any atom is 0.215 e. The Morgan fingerprint density at radius 3 is 2.71 bits per heavy atom. The van der Waals surface area contributed by atoms with E-state index < -0.39 is 0 Å². The van der Waals surface area contributed by atoms with Crippen molar-refractivity contribution in [2.75, 3.05) is 44.0 Å². The van der Waals surface area contributed by atoms with Gasteiger partial charge < -0.3 is 20.1 Å². The van der Waals surface area contributed by atoms with Gasteiger partial charge in [-0.15, -0.1) is 0 Å². The van der Waals surface area contributed by atoms with Crippen molar-refractivity contribution in [1.29, 1.82) is 0 Å². The van der Waals surface area contributed by atoms with Gasteiger partial charge in [-0.3, -0.25) is 0 Å². The van der Waals surface area contributed by atoms with Crippen LogP contribution >= 0.6 is 0 Å². The molecular weight excluding hydrogens is 218 g/mol. The van der Waals surface area contributed by atoms with E-state index in [0.29, 0.717) is 18.2 Å². The molecule has 0 aliphatic rings. The van der Waals surface area contributed by atoms with Gasteiger partial charge in [0, 0.05) is 25.8 Å². The molecule has 0 fully saturated rings. The standard InChI is InChI=1S/C12H21N3O2/c1-4-15(8-9-17-5-2)12-10(13)6-7-11(14-12)16-3/h6-7H,4-5,8-9,13H2,1-3H3. The number of rotatable bonds is 7.